The maximum Gasteiger partial charge on any atom is 0.342 e. The van der Waals surface area contributed by atoms with Crippen LogP contribution in [0.4, 0.5) is 10.5 Å². The lowest BCUT2D eigenvalue weighted by Crippen LogP contribution is -2.43. The Balaban J connectivity index is 1.56. The van der Waals surface area contributed by atoms with Gasteiger partial charge in [-0.15, -0.1) is 0 Å². The van der Waals surface area contributed by atoms with Crippen LogP contribution in [-0.4, -0.2) is 43.8 Å². The summed E-state index contributed by atoms with van der Waals surface area (Å²) in [6.45, 7) is 8.45. The van der Waals surface area contributed by atoms with E-state index in [9.17, 15) is 4.79 Å². The quantitative estimate of drug-likeness (QED) is 0.581. The van der Waals surface area contributed by atoms with E-state index in [1.807, 2.05) is 38.1 Å². The fraction of sp³-hybridized carbons (Fsp3) is 0.409. The molecule has 3 rings (SSSR count). The fourth-order valence-corrected chi connectivity index (χ4v) is 3.50. The van der Waals surface area contributed by atoms with Crippen molar-refractivity contribution < 1.29 is 4.79 Å². The molecule has 1 aliphatic carbocycles. The molecule has 1 aliphatic heterocycles. The number of piperazine rings is 1. The maximum absolute atomic E-state index is 12.2. The Morgan fingerprint density at radius 3 is 2.62 bits per heavy atom. The summed E-state index contributed by atoms with van der Waals surface area (Å²) >= 11 is 6.00. The second kappa shape index (κ2) is 10.4. The van der Waals surface area contributed by atoms with E-state index in [2.05, 4.69) is 37.7 Å². The van der Waals surface area contributed by atoms with Crippen LogP contribution in [0, 0.1) is 5.92 Å². The van der Waals surface area contributed by atoms with Gasteiger partial charge in [0, 0.05) is 61.5 Å². The van der Waals surface area contributed by atoms with Crippen molar-refractivity contribution in [2.24, 2.45) is 15.9 Å². The molecule has 1 atom stereocenters. The average molecular weight is 414 g/mol. The van der Waals surface area contributed by atoms with Crippen molar-refractivity contribution in [1.82, 2.24) is 10.6 Å². The number of benzene rings is 1. The van der Waals surface area contributed by atoms with Gasteiger partial charge in [-0.1, -0.05) is 43.7 Å². The molecular formula is C22H28ClN5O. The Hall–Kier alpha value is -2.44. The maximum atomic E-state index is 12.2. The number of amides is 2. The van der Waals surface area contributed by atoms with Gasteiger partial charge < -0.3 is 15.5 Å². The van der Waals surface area contributed by atoms with Crippen LogP contribution >= 0.6 is 11.6 Å². The van der Waals surface area contributed by atoms with E-state index in [0.29, 0.717) is 23.8 Å². The molecule has 1 aromatic rings. The zero-order valence-electron chi connectivity index (χ0n) is 17.0. The van der Waals surface area contributed by atoms with Crippen LogP contribution < -0.4 is 15.5 Å². The number of aliphatic imine (C=N–C) groups is 2. The first-order chi connectivity index (χ1) is 14.0. The van der Waals surface area contributed by atoms with Gasteiger partial charge in [0.1, 0.15) is 5.84 Å². The third kappa shape index (κ3) is 6.27. The summed E-state index contributed by atoms with van der Waals surface area (Å²) in [5.41, 5.74) is 3.11. The highest BCUT2D eigenvalue weighted by Crippen LogP contribution is 2.18. The molecule has 0 radical (unpaired) electrons. The van der Waals surface area contributed by atoms with E-state index in [-0.39, 0.29) is 11.9 Å². The zero-order chi connectivity index (χ0) is 20.6. The van der Waals surface area contributed by atoms with Crippen LogP contribution in [0.3, 0.4) is 0 Å². The van der Waals surface area contributed by atoms with Crippen molar-refractivity contribution in [2.45, 2.75) is 26.8 Å². The number of halogens is 1. The molecule has 0 bridgehead atoms. The summed E-state index contributed by atoms with van der Waals surface area (Å²) in [6, 6.07) is 7.93. The lowest BCUT2D eigenvalue weighted by Gasteiger charge is -2.29. The number of nitrogens with one attached hydrogen (secondary N) is 2. The number of allylic oxidation sites excluding steroid dienone is 4. The van der Waals surface area contributed by atoms with Crippen molar-refractivity contribution >= 4 is 34.9 Å². The lowest BCUT2D eigenvalue weighted by atomic mass is 10.0. The van der Waals surface area contributed by atoms with Crippen molar-refractivity contribution in [3.63, 3.8) is 0 Å². The first kappa shape index (κ1) is 21.3. The highest BCUT2D eigenvalue weighted by atomic mass is 35.5. The van der Waals surface area contributed by atoms with E-state index in [0.717, 1.165) is 37.5 Å². The molecule has 2 aliphatic rings. The minimum atomic E-state index is -0.376. The normalized spacial score (nSPS) is 21.3. The Kier molecular flexibility index (Phi) is 7.61. The molecule has 0 aromatic heterocycles. The number of nitrogens with zero attached hydrogens (tertiary/aromatic N) is 3. The van der Waals surface area contributed by atoms with Crippen molar-refractivity contribution in [1.29, 1.82) is 0 Å². The summed E-state index contributed by atoms with van der Waals surface area (Å²) in [5, 5.41) is 6.90. The molecule has 1 heterocycles. The number of amidine groups is 1. The van der Waals surface area contributed by atoms with E-state index >= 15 is 0 Å². The van der Waals surface area contributed by atoms with Gasteiger partial charge in [0.2, 0.25) is 0 Å². The molecule has 154 valence electrons. The van der Waals surface area contributed by atoms with E-state index in [4.69, 9.17) is 11.6 Å². The molecule has 1 fully saturated rings. The van der Waals surface area contributed by atoms with E-state index < -0.39 is 0 Å². The minimum Gasteiger partial charge on any atom is -0.369 e. The number of anilines is 1. The van der Waals surface area contributed by atoms with Gasteiger partial charge in [0.25, 0.3) is 0 Å². The molecule has 1 aromatic carbocycles. The van der Waals surface area contributed by atoms with Crippen LogP contribution in [0.5, 0.6) is 0 Å². The second-order valence-corrected chi connectivity index (χ2v) is 7.59. The third-order valence-corrected chi connectivity index (χ3v) is 5.21. The van der Waals surface area contributed by atoms with Gasteiger partial charge in [-0.25, -0.2) is 9.79 Å². The molecular weight excluding hydrogens is 386 g/mol. The van der Waals surface area contributed by atoms with Gasteiger partial charge in [-0.3, -0.25) is 0 Å². The van der Waals surface area contributed by atoms with Gasteiger partial charge in [0.05, 0.1) is 0 Å². The SMILES string of the molecule is CCC(=N\C(=O)NCc1ccc(N2CCNCC2)cc1)/N=C1/C=CC(Cl)=CC1C. The Labute approximate surface area is 177 Å². The molecule has 1 unspecified atom stereocenters. The number of rotatable bonds is 4. The molecule has 2 amide bonds. The molecule has 0 spiro atoms. The van der Waals surface area contributed by atoms with Gasteiger partial charge in [-0.05, 0) is 29.8 Å². The highest BCUT2D eigenvalue weighted by Gasteiger charge is 2.12. The van der Waals surface area contributed by atoms with E-state index in [1.54, 1.807) is 6.08 Å². The molecule has 2 N–H and O–H groups in total. The van der Waals surface area contributed by atoms with Gasteiger partial charge in [0.15, 0.2) is 0 Å². The fourth-order valence-electron chi connectivity index (χ4n) is 3.25. The van der Waals surface area contributed by atoms with Gasteiger partial charge in [-0.2, -0.15) is 4.99 Å². The molecule has 6 nitrogen and oxygen atoms in total. The summed E-state index contributed by atoms with van der Waals surface area (Å²) in [6.07, 6.45) is 6.18. The van der Waals surface area contributed by atoms with Crippen LogP contribution in [-0.2, 0) is 6.54 Å². The summed E-state index contributed by atoms with van der Waals surface area (Å²) in [5.74, 6) is 0.607. The molecule has 29 heavy (non-hydrogen) atoms. The average Bonchev–Trinajstić information content (AvgIpc) is 2.74. The third-order valence-electron chi connectivity index (χ3n) is 4.96. The second-order valence-electron chi connectivity index (χ2n) is 7.15. The largest absolute Gasteiger partial charge is 0.369 e. The number of urea groups is 1. The molecule has 0 saturated carbocycles. The van der Waals surface area contributed by atoms with Gasteiger partial charge >= 0.3 is 6.03 Å². The predicted molar refractivity (Wildman–Crippen MR) is 121 cm³/mol. The first-order valence-electron chi connectivity index (χ1n) is 10.1. The number of carbonyl (C=O) groups is 1. The lowest BCUT2D eigenvalue weighted by molar-refractivity contribution is 0.249. The summed E-state index contributed by atoms with van der Waals surface area (Å²) in [4.78, 5) is 23.3. The minimum absolute atomic E-state index is 0.0986. The zero-order valence-corrected chi connectivity index (χ0v) is 17.7. The number of carbonyl (C=O) groups excluding carboxylic acids is 1. The Morgan fingerprint density at radius 2 is 1.97 bits per heavy atom. The number of hydrogen-bond donors (Lipinski definition) is 2. The smallest absolute Gasteiger partial charge is 0.342 e. The van der Waals surface area contributed by atoms with Crippen molar-refractivity contribution in [2.75, 3.05) is 31.1 Å². The van der Waals surface area contributed by atoms with Crippen LogP contribution in [0.15, 0.2) is 57.5 Å². The van der Waals surface area contributed by atoms with Crippen LogP contribution in [0.1, 0.15) is 25.8 Å². The summed E-state index contributed by atoms with van der Waals surface area (Å²) < 4.78 is 0. The van der Waals surface area contributed by atoms with Crippen LogP contribution in [0.25, 0.3) is 0 Å². The van der Waals surface area contributed by atoms with E-state index in [1.165, 1.54) is 5.69 Å². The summed E-state index contributed by atoms with van der Waals surface area (Å²) in [7, 11) is 0. The van der Waals surface area contributed by atoms with Crippen LogP contribution in [0.2, 0.25) is 0 Å². The predicted octanol–water partition coefficient (Wildman–Crippen LogP) is 3.88. The topological polar surface area (TPSA) is 69.1 Å². The number of hydrogen-bond acceptors (Lipinski definition) is 3. The van der Waals surface area contributed by atoms with Crippen molar-refractivity contribution in [3.8, 4) is 0 Å². The Morgan fingerprint density at radius 1 is 1.24 bits per heavy atom. The standard InChI is InChI=1S/C22H28ClN5O/c1-3-21(26-20-9-6-18(23)14-16(20)2)27-22(29)25-15-17-4-7-19(8-5-17)28-12-10-24-11-13-28/h4-9,14,16,24H,3,10-13,15H2,1-2H3,(H,25,29)/b26-20-,27-21+. The molecule has 1 saturated heterocycles. The first-order valence-corrected chi connectivity index (χ1v) is 10.5. The highest BCUT2D eigenvalue weighted by molar-refractivity contribution is 6.32. The molecule has 7 heteroatoms. The van der Waals surface area contributed by atoms with Crippen molar-refractivity contribution in [3.05, 3.63) is 53.1 Å². The monoisotopic (exact) mass is 413 g/mol. The Bertz CT molecular complexity index is 835.